The van der Waals surface area contributed by atoms with Crippen LogP contribution in [0.2, 0.25) is 0 Å². The molecule has 8 nitrogen and oxygen atoms in total. The summed E-state index contributed by atoms with van der Waals surface area (Å²) in [7, 11) is -9.60. The number of rotatable bonds is 3. The third-order valence-corrected chi connectivity index (χ3v) is 12.2. The molecule has 0 fully saturated rings. The maximum absolute atomic E-state index is 14.1. The zero-order valence-corrected chi connectivity index (χ0v) is 30.5. The Kier molecular flexibility index (Phi) is 7.71. The van der Waals surface area contributed by atoms with Gasteiger partial charge in [-0.3, -0.25) is 14.3 Å². The Bertz CT molecular complexity index is 2890. The van der Waals surface area contributed by atoms with Crippen LogP contribution >= 0.6 is 15.6 Å². The molecule has 0 saturated heterocycles. The molecule has 0 aromatic heterocycles. The predicted octanol–water partition coefficient (Wildman–Crippen LogP) is 7.57. The maximum Gasteiger partial charge on any atom is 0.584 e. The van der Waals surface area contributed by atoms with Crippen LogP contribution in [0.3, 0.4) is 0 Å². The molecule has 2 N–H and O–H groups in total. The molecule has 0 radical (unpaired) electrons. The predicted molar refractivity (Wildman–Crippen MR) is 208 cm³/mol. The number of phosphoric acid groups is 2. The molecule has 0 amide bonds. The van der Waals surface area contributed by atoms with Crippen LogP contribution in [-0.4, -0.2) is 15.9 Å². The van der Waals surface area contributed by atoms with Crippen molar-refractivity contribution in [3.63, 3.8) is 0 Å². The number of fused-ring (bicyclic) bond motifs is 8. The van der Waals surface area contributed by atoms with Gasteiger partial charge >= 0.3 is 15.6 Å². The summed E-state index contributed by atoms with van der Waals surface area (Å²) in [6.45, 7) is 0. The van der Waals surface area contributed by atoms with E-state index in [0.717, 1.165) is 38.4 Å². The normalized spacial score (nSPS) is 23.2. The van der Waals surface area contributed by atoms with Crippen molar-refractivity contribution in [3.8, 4) is 50.6 Å². The summed E-state index contributed by atoms with van der Waals surface area (Å²) in [6.07, 6.45) is 6.68. The molecule has 0 bridgehead atoms. The molecule has 4 aliphatic rings. The topological polar surface area (TPSA) is 112 Å². The largest absolute Gasteiger partial charge is 0.584 e. The average molecular weight is 751 g/mol. The number of para-hydroxylation sites is 2. The van der Waals surface area contributed by atoms with Crippen molar-refractivity contribution >= 4 is 39.4 Å². The lowest BCUT2D eigenvalue weighted by molar-refractivity contribution is 0.174. The summed E-state index contributed by atoms with van der Waals surface area (Å²) in [5.74, 6) is 0.00849. The fourth-order valence-electron chi connectivity index (χ4n) is 8.25. The second kappa shape index (κ2) is 12.6. The SMILES string of the molecule is O=P1(O)Oc2c(-c3ccccc3)cccc2-c2cc3c(c(C4=c5ccccc5=CC5c6cccc(-c7ccccc7)c6OP(=O)(O)O[C@@H]45)c2O1)=CCCC=3. The van der Waals surface area contributed by atoms with E-state index in [1.54, 1.807) is 0 Å². The van der Waals surface area contributed by atoms with Gasteiger partial charge in [-0.25, -0.2) is 9.13 Å². The summed E-state index contributed by atoms with van der Waals surface area (Å²) in [5.41, 5.74) is 5.74. The number of hydrogen-bond acceptors (Lipinski definition) is 6. The van der Waals surface area contributed by atoms with Gasteiger partial charge in [0, 0.05) is 44.9 Å². The van der Waals surface area contributed by atoms with Crippen molar-refractivity contribution < 1.29 is 37.0 Å². The molecule has 0 spiro atoms. The first-order valence-electron chi connectivity index (χ1n) is 17.7. The molecular weight excluding hydrogens is 718 g/mol. The van der Waals surface area contributed by atoms with Gasteiger partial charge in [-0.05, 0) is 50.9 Å². The van der Waals surface area contributed by atoms with E-state index in [0.29, 0.717) is 45.4 Å². The molecule has 4 atom stereocenters. The first kappa shape index (κ1) is 33.1. The lowest BCUT2D eigenvalue weighted by Crippen LogP contribution is -2.43. The first-order chi connectivity index (χ1) is 26.2. The molecule has 3 unspecified atom stereocenters. The molecule has 10 rings (SSSR count). The fraction of sp³-hybridized carbons (Fsp3) is 0.0909. The second-order valence-electron chi connectivity index (χ2n) is 13.7. The van der Waals surface area contributed by atoms with E-state index in [2.05, 4.69) is 12.2 Å². The van der Waals surface area contributed by atoms with E-state index in [9.17, 15) is 18.9 Å². The molecule has 2 aliphatic heterocycles. The van der Waals surface area contributed by atoms with Crippen LogP contribution < -0.4 is 34.4 Å². The Balaban J connectivity index is 1.30. The lowest BCUT2D eigenvalue weighted by atomic mass is 9.78. The van der Waals surface area contributed by atoms with Crippen molar-refractivity contribution in [2.24, 2.45) is 0 Å². The second-order valence-corrected chi connectivity index (χ2v) is 16.3. The highest BCUT2D eigenvalue weighted by molar-refractivity contribution is 7.48. The average Bonchev–Trinajstić information content (AvgIpc) is 3.38. The molecule has 2 heterocycles. The Labute approximate surface area is 310 Å². The minimum Gasteiger partial charge on any atom is -0.403 e. The molecule has 54 heavy (non-hydrogen) atoms. The van der Waals surface area contributed by atoms with Crippen LogP contribution in [0.5, 0.6) is 17.2 Å². The van der Waals surface area contributed by atoms with Crippen LogP contribution in [-0.2, 0) is 13.7 Å². The Morgan fingerprint density at radius 2 is 1.17 bits per heavy atom. The molecule has 2 aliphatic carbocycles. The Hall–Kier alpha value is -5.46. The van der Waals surface area contributed by atoms with Gasteiger partial charge in [0.25, 0.3) is 0 Å². The van der Waals surface area contributed by atoms with E-state index in [-0.39, 0.29) is 17.2 Å². The zero-order valence-electron chi connectivity index (χ0n) is 28.7. The third-order valence-electron chi connectivity index (χ3n) is 10.5. The Morgan fingerprint density at radius 1 is 0.556 bits per heavy atom. The summed E-state index contributed by atoms with van der Waals surface area (Å²) in [4.78, 5) is 23.0. The summed E-state index contributed by atoms with van der Waals surface area (Å²) >= 11 is 0. The van der Waals surface area contributed by atoms with Crippen LogP contribution in [0, 0.1) is 0 Å². The first-order valence-corrected chi connectivity index (χ1v) is 20.7. The monoisotopic (exact) mass is 750 g/mol. The van der Waals surface area contributed by atoms with E-state index in [1.807, 2.05) is 133 Å². The van der Waals surface area contributed by atoms with Crippen molar-refractivity contribution in [1.29, 1.82) is 0 Å². The molecule has 10 heteroatoms. The number of benzene rings is 6. The van der Waals surface area contributed by atoms with Gasteiger partial charge in [0.2, 0.25) is 0 Å². The standard InChI is InChI=1S/C44H32O8P2/c45-53(46)49-41-33(27-13-3-1-4-14-27)21-11-23-35(41)37-25-29-17-7-9-19-31(29)39(43(37)51-53)40-32-20-10-8-18-30(32)26-38-36-24-12-22-34(28-15-5-2-6-16-28)42(36)50-54(47,48)52-44(38)40/h1-7,9,11-26,37,43H,8,10H2,(H,45,46)(H,47,48)/t37?,43-/m1/s1. The molecular formula is C44H32O8P2. The number of hydrogen-bond donors (Lipinski definition) is 2. The van der Waals surface area contributed by atoms with Crippen molar-refractivity contribution in [2.75, 3.05) is 0 Å². The molecule has 6 aromatic rings. The highest BCUT2D eigenvalue weighted by Crippen LogP contribution is 2.60. The van der Waals surface area contributed by atoms with Gasteiger partial charge in [-0.1, -0.05) is 140 Å². The quantitative estimate of drug-likeness (QED) is 0.178. The number of phosphoric ester groups is 2. The zero-order chi connectivity index (χ0) is 36.6. The van der Waals surface area contributed by atoms with Crippen LogP contribution in [0.4, 0.5) is 0 Å². The molecule has 6 aromatic carbocycles. The minimum absolute atomic E-state index is 0.125. The van der Waals surface area contributed by atoms with Crippen molar-refractivity contribution in [1.82, 2.24) is 0 Å². The smallest absolute Gasteiger partial charge is 0.403 e. The van der Waals surface area contributed by atoms with Gasteiger partial charge in [-0.15, -0.1) is 0 Å². The van der Waals surface area contributed by atoms with Gasteiger partial charge in [0.05, 0.1) is 0 Å². The molecule has 266 valence electrons. The van der Waals surface area contributed by atoms with Crippen LogP contribution in [0.25, 0.3) is 57.2 Å². The van der Waals surface area contributed by atoms with Gasteiger partial charge < -0.3 is 13.6 Å². The highest BCUT2D eigenvalue weighted by atomic mass is 31.2. The summed E-state index contributed by atoms with van der Waals surface area (Å²) in [5, 5.41) is 3.26. The maximum atomic E-state index is 14.1. The van der Waals surface area contributed by atoms with E-state index < -0.39 is 27.7 Å². The van der Waals surface area contributed by atoms with Crippen molar-refractivity contribution in [2.45, 2.75) is 24.9 Å². The third kappa shape index (κ3) is 5.49. The van der Waals surface area contributed by atoms with Crippen LogP contribution in [0.15, 0.2) is 127 Å². The van der Waals surface area contributed by atoms with E-state index >= 15 is 0 Å². The highest BCUT2D eigenvalue weighted by Gasteiger charge is 2.45. The van der Waals surface area contributed by atoms with Crippen LogP contribution in [0.1, 0.15) is 29.9 Å². The summed E-state index contributed by atoms with van der Waals surface area (Å²) in [6, 6.07) is 40.1. The van der Waals surface area contributed by atoms with E-state index in [4.69, 9.17) is 18.1 Å². The Morgan fingerprint density at radius 3 is 1.93 bits per heavy atom. The van der Waals surface area contributed by atoms with Gasteiger partial charge in [-0.2, -0.15) is 0 Å². The fourth-order valence-corrected chi connectivity index (χ4v) is 10.1. The van der Waals surface area contributed by atoms with Gasteiger partial charge in [0.1, 0.15) is 23.4 Å². The lowest BCUT2D eigenvalue weighted by Gasteiger charge is -2.30. The molecule has 0 saturated carbocycles. The van der Waals surface area contributed by atoms with E-state index in [1.165, 1.54) is 0 Å². The summed E-state index contributed by atoms with van der Waals surface area (Å²) < 4.78 is 52.7. The van der Waals surface area contributed by atoms with Gasteiger partial charge in [0.15, 0.2) is 0 Å². The van der Waals surface area contributed by atoms with Crippen molar-refractivity contribution in [3.05, 3.63) is 159 Å². The minimum atomic E-state index is -4.82.